The van der Waals surface area contributed by atoms with Crippen molar-refractivity contribution in [3.05, 3.63) is 69.1 Å². The highest BCUT2D eigenvalue weighted by Gasteiger charge is 2.17. The second-order valence-corrected chi connectivity index (χ2v) is 6.48. The van der Waals surface area contributed by atoms with Gasteiger partial charge in [-0.3, -0.25) is 20.2 Å². The fourth-order valence-corrected chi connectivity index (χ4v) is 3.15. The van der Waals surface area contributed by atoms with Crippen LogP contribution in [-0.2, 0) is 0 Å². The molecule has 144 valence electrons. The molecule has 0 atom stereocenters. The number of nitro groups is 1. The van der Waals surface area contributed by atoms with E-state index in [4.69, 9.17) is 0 Å². The minimum Gasteiger partial charge on any atom is -0.434 e. The van der Waals surface area contributed by atoms with Crippen LogP contribution in [-0.4, -0.2) is 22.4 Å². The molecule has 7 nitrogen and oxygen atoms in total. The van der Waals surface area contributed by atoms with Crippen LogP contribution in [0.5, 0.6) is 5.75 Å². The molecule has 0 aliphatic rings. The third kappa shape index (κ3) is 4.29. The third-order valence-electron chi connectivity index (χ3n) is 3.77. The van der Waals surface area contributed by atoms with E-state index in [2.05, 4.69) is 15.0 Å². The summed E-state index contributed by atoms with van der Waals surface area (Å²) in [5, 5.41) is 15.4. The molecule has 1 N–H and O–H groups in total. The number of nitrogens with one attached hydrogen (secondary N) is 1. The number of hydrogen-bond donors (Lipinski definition) is 1. The number of halogens is 2. The summed E-state index contributed by atoms with van der Waals surface area (Å²) in [4.78, 5) is 27.0. The molecule has 3 aromatic rings. The van der Waals surface area contributed by atoms with Crippen molar-refractivity contribution in [3.63, 3.8) is 0 Å². The minimum absolute atomic E-state index is 0.0326. The van der Waals surface area contributed by atoms with Crippen molar-refractivity contribution >= 4 is 28.1 Å². The van der Waals surface area contributed by atoms with Gasteiger partial charge in [-0.05, 0) is 25.1 Å². The molecule has 1 heterocycles. The van der Waals surface area contributed by atoms with E-state index in [0.717, 1.165) is 11.3 Å². The Balaban J connectivity index is 1.81. The number of carbonyl (C=O) groups excluding carboxylic acids is 1. The van der Waals surface area contributed by atoms with Gasteiger partial charge in [-0.1, -0.05) is 18.2 Å². The number of benzene rings is 2. The summed E-state index contributed by atoms with van der Waals surface area (Å²) in [5.74, 6) is -0.601. The number of aromatic nitrogens is 1. The number of para-hydroxylation sites is 1. The second-order valence-electron chi connectivity index (χ2n) is 5.63. The molecule has 2 aromatic carbocycles. The fraction of sp³-hybridized carbons (Fsp3) is 0.111. The number of nitrogens with zero attached hydrogens (tertiary/aromatic N) is 2. The van der Waals surface area contributed by atoms with Crippen molar-refractivity contribution in [2.75, 3.05) is 5.32 Å². The predicted octanol–water partition coefficient (Wildman–Crippen LogP) is 4.88. The molecule has 0 aliphatic heterocycles. The van der Waals surface area contributed by atoms with Crippen LogP contribution >= 0.6 is 11.3 Å². The maximum absolute atomic E-state index is 12.6. The molecule has 0 radical (unpaired) electrons. The Kier molecular flexibility index (Phi) is 5.59. The zero-order valence-electron chi connectivity index (χ0n) is 14.4. The van der Waals surface area contributed by atoms with E-state index in [0.29, 0.717) is 16.8 Å². The first-order valence-corrected chi connectivity index (χ1v) is 8.79. The Morgan fingerprint density at radius 2 is 2.04 bits per heavy atom. The van der Waals surface area contributed by atoms with Gasteiger partial charge in [0.2, 0.25) is 0 Å². The Bertz CT molecular complexity index is 1040. The highest BCUT2D eigenvalue weighted by atomic mass is 32.1. The van der Waals surface area contributed by atoms with Crippen molar-refractivity contribution in [2.24, 2.45) is 0 Å². The lowest BCUT2D eigenvalue weighted by molar-refractivity contribution is -0.385. The van der Waals surface area contributed by atoms with Gasteiger partial charge in [0.15, 0.2) is 5.13 Å². The number of hydrogen-bond acceptors (Lipinski definition) is 6. The number of alkyl halides is 2. The first-order valence-electron chi connectivity index (χ1n) is 7.91. The summed E-state index contributed by atoms with van der Waals surface area (Å²) in [6.07, 6.45) is 0. The van der Waals surface area contributed by atoms with Gasteiger partial charge in [-0.25, -0.2) is 4.98 Å². The van der Waals surface area contributed by atoms with Gasteiger partial charge in [0.25, 0.3) is 11.6 Å². The average molecular weight is 405 g/mol. The molecule has 1 amide bonds. The Hall–Kier alpha value is -3.40. The molecule has 0 bridgehead atoms. The van der Waals surface area contributed by atoms with Crippen LogP contribution in [0.4, 0.5) is 19.6 Å². The molecule has 0 unspecified atom stereocenters. The molecule has 0 saturated carbocycles. The topological polar surface area (TPSA) is 94.4 Å². The molecular weight excluding hydrogens is 392 g/mol. The van der Waals surface area contributed by atoms with Gasteiger partial charge < -0.3 is 4.74 Å². The van der Waals surface area contributed by atoms with Crippen LogP contribution in [0.2, 0.25) is 0 Å². The van der Waals surface area contributed by atoms with Crippen molar-refractivity contribution < 1.29 is 23.2 Å². The van der Waals surface area contributed by atoms with Crippen LogP contribution in [0.1, 0.15) is 15.9 Å². The maximum Gasteiger partial charge on any atom is 0.387 e. The quantitative estimate of drug-likeness (QED) is 0.466. The molecular formula is C18H13F2N3O4S. The third-order valence-corrected chi connectivity index (χ3v) is 4.53. The monoisotopic (exact) mass is 405 g/mol. The highest BCUT2D eigenvalue weighted by molar-refractivity contribution is 7.14. The van der Waals surface area contributed by atoms with Gasteiger partial charge in [-0.2, -0.15) is 8.78 Å². The molecule has 3 rings (SSSR count). The largest absolute Gasteiger partial charge is 0.434 e. The second kappa shape index (κ2) is 8.09. The zero-order chi connectivity index (χ0) is 20.3. The standard InChI is InChI=1S/C18H13F2N3O4S/c1-10-6-7-11(8-14(10)23(25)26)16(24)22-18-21-13(9-28-18)12-4-2-3-5-15(12)27-17(19)20/h2-9,17H,1H3,(H,21,22,24). The maximum atomic E-state index is 12.6. The van der Waals surface area contributed by atoms with E-state index in [1.165, 1.54) is 24.3 Å². The van der Waals surface area contributed by atoms with Crippen molar-refractivity contribution in [1.29, 1.82) is 0 Å². The number of aryl methyl sites for hydroxylation is 1. The number of ether oxygens (including phenoxy) is 1. The average Bonchev–Trinajstić information content (AvgIpc) is 3.10. The number of nitro benzene ring substituents is 1. The van der Waals surface area contributed by atoms with E-state index in [9.17, 15) is 23.7 Å². The SMILES string of the molecule is Cc1ccc(C(=O)Nc2nc(-c3ccccc3OC(F)F)cs2)cc1[N+](=O)[O-]. The lowest BCUT2D eigenvalue weighted by atomic mass is 10.1. The zero-order valence-corrected chi connectivity index (χ0v) is 15.2. The summed E-state index contributed by atoms with van der Waals surface area (Å²) in [6, 6.07) is 10.3. The number of amides is 1. The van der Waals surface area contributed by atoms with E-state index in [1.54, 1.807) is 30.5 Å². The first-order chi connectivity index (χ1) is 13.3. The Morgan fingerprint density at radius 1 is 1.29 bits per heavy atom. The molecule has 0 aliphatic carbocycles. The summed E-state index contributed by atoms with van der Waals surface area (Å²) in [6.45, 7) is -1.40. The van der Waals surface area contributed by atoms with Crippen LogP contribution in [0.15, 0.2) is 47.8 Å². The number of anilines is 1. The predicted molar refractivity (Wildman–Crippen MR) is 100.0 cm³/mol. The van der Waals surface area contributed by atoms with Gasteiger partial charge in [0.1, 0.15) is 5.75 Å². The minimum atomic E-state index is -2.98. The molecule has 0 saturated heterocycles. The van der Waals surface area contributed by atoms with Crippen LogP contribution in [0.25, 0.3) is 11.3 Å². The Morgan fingerprint density at radius 3 is 2.75 bits per heavy atom. The summed E-state index contributed by atoms with van der Waals surface area (Å²) in [7, 11) is 0. The van der Waals surface area contributed by atoms with Crippen molar-refractivity contribution in [1.82, 2.24) is 4.98 Å². The first kappa shape index (κ1) is 19.4. The number of thiazole rings is 1. The smallest absolute Gasteiger partial charge is 0.387 e. The molecule has 28 heavy (non-hydrogen) atoms. The molecule has 10 heteroatoms. The lowest BCUT2D eigenvalue weighted by Crippen LogP contribution is -2.12. The van der Waals surface area contributed by atoms with Gasteiger partial charge in [-0.15, -0.1) is 11.3 Å². The van der Waals surface area contributed by atoms with Crippen molar-refractivity contribution in [3.8, 4) is 17.0 Å². The number of rotatable bonds is 6. The van der Waals surface area contributed by atoms with Gasteiger partial charge >= 0.3 is 6.61 Å². The van der Waals surface area contributed by atoms with Gasteiger partial charge in [0, 0.05) is 28.1 Å². The summed E-state index contributed by atoms with van der Waals surface area (Å²) in [5.41, 5.74) is 1.09. The van der Waals surface area contributed by atoms with Crippen LogP contribution < -0.4 is 10.1 Å². The summed E-state index contributed by atoms with van der Waals surface area (Å²) >= 11 is 1.09. The molecule has 0 fully saturated rings. The normalized spacial score (nSPS) is 10.7. The van der Waals surface area contributed by atoms with Gasteiger partial charge in [0.05, 0.1) is 10.6 Å². The van der Waals surface area contributed by atoms with Crippen LogP contribution in [0, 0.1) is 17.0 Å². The van der Waals surface area contributed by atoms with E-state index in [1.807, 2.05) is 0 Å². The highest BCUT2D eigenvalue weighted by Crippen LogP contribution is 2.33. The molecule has 1 aromatic heterocycles. The van der Waals surface area contributed by atoms with Crippen molar-refractivity contribution in [2.45, 2.75) is 13.5 Å². The molecule has 0 spiro atoms. The van der Waals surface area contributed by atoms with E-state index in [-0.39, 0.29) is 22.1 Å². The van der Waals surface area contributed by atoms with E-state index >= 15 is 0 Å². The Labute approximate surface area is 161 Å². The fourth-order valence-electron chi connectivity index (χ4n) is 2.45. The summed E-state index contributed by atoms with van der Waals surface area (Å²) < 4.78 is 29.6. The number of carbonyl (C=O) groups is 1. The lowest BCUT2D eigenvalue weighted by Gasteiger charge is -2.08. The van der Waals surface area contributed by atoms with Crippen LogP contribution in [0.3, 0.4) is 0 Å². The van der Waals surface area contributed by atoms with E-state index < -0.39 is 17.4 Å².